The van der Waals surface area contributed by atoms with E-state index in [9.17, 15) is 14.9 Å². The summed E-state index contributed by atoms with van der Waals surface area (Å²) in [6, 6.07) is 4.79. The predicted molar refractivity (Wildman–Crippen MR) is 96.3 cm³/mol. The Labute approximate surface area is 147 Å². The van der Waals surface area contributed by atoms with E-state index in [0.717, 1.165) is 38.0 Å². The second kappa shape index (κ2) is 6.90. The number of amides is 1. The molecule has 1 amide bonds. The summed E-state index contributed by atoms with van der Waals surface area (Å²) in [4.78, 5) is 26.6. The molecule has 0 spiro atoms. The van der Waals surface area contributed by atoms with Gasteiger partial charge in [-0.05, 0) is 30.7 Å². The first kappa shape index (κ1) is 17.5. The van der Waals surface area contributed by atoms with Crippen LogP contribution in [0.2, 0.25) is 0 Å². The maximum atomic E-state index is 12.0. The van der Waals surface area contributed by atoms with Crippen LogP contribution in [-0.2, 0) is 4.74 Å². The van der Waals surface area contributed by atoms with Gasteiger partial charge in [-0.2, -0.15) is 0 Å². The molecule has 0 saturated carbocycles. The molecule has 1 unspecified atom stereocenters. The second-order valence-corrected chi connectivity index (χ2v) is 7.28. The lowest BCUT2D eigenvalue weighted by atomic mass is 9.78. The molecule has 25 heavy (non-hydrogen) atoms. The molecule has 2 aliphatic rings. The molecule has 0 N–H and O–H groups in total. The zero-order valence-corrected chi connectivity index (χ0v) is 14.9. The molecule has 7 nitrogen and oxygen atoms in total. The van der Waals surface area contributed by atoms with Crippen molar-refractivity contribution >= 4 is 23.2 Å². The number of carbonyl (C=O) groups excluding carboxylic acids is 1. The van der Waals surface area contributed by atoms with Crippen LogP contribution >= 0.6 is 0 Å². The molecule has 3 rings (SSSR count). The van der Waals surface area contributed by atoms with Gasteiger partial charge in [-0.1, -0.05) is 20.3 Å². The van der Waals surface area contributed by atoms with Gasteiger partial charge in [0.2, 0.25) is 0 Å². The Morgan fingerprint density at radius 1 is 1.32 bits per heavy atom. The number of nitrogens with zero attached hydrogens (tertiary/aromatic N) is 3. The first-order valence-electron chi connectivity index (χ1n) is 8.91. The van der Waals surface area contributed by atoms with Crippen molar-refractivity contribution in [2.24, 2.45) is 5.41 Å². The summed E-state index contributed by atoms with van der Waals surface area (Å²) in [7, 11) is 0. The SMILES string of the molecule is CCCC1(C)CCCN(c2ccc([N+](=O)[O-])cc2N2CCOC2=O)C1. The third-order valence-corrected chi connectivity index (χ3v) is 5.20. The molecule has 0 aliphatic carbocycles. The Kier molecular flexibility index (Phi) is 4.83. The molecular weight excluding hydrogens is 322 g/mol. The van der Waals surface area contributed by atoms with E-state index in [4.69, 9.17) is 4.74 Å². The average Bonchev–Trinajstić information content (AvgIpc) is 3.00. The van der Waals surface area contributed by atoms with E-state index in [1.807, 2.05) is 0 Å². The van der Waals surface area contributed by atoms with Gasteiger partial charge in [0.25, 0.3) is 5.69 Å². The van der Waals surface area contributed by atoms with Crippen molar-refractivity contribution in [1.82, 2.24) is 0 Å². The molecule has 2 fully saturated rings. The molecule has 1 aromatic rings. The number of non-ortho nitro benzene ring substituents is 1. The average molecular weight is 347 g/mol. The quantitative estimate of drug-likeness (QED) is 0.595. The summed E-state index contributed by atoms with van der Waals surface area (Å²) in [5.74, 6) is 0. The Hall–Kier alpha value is -2.31. The van der Waals surface area contributed by atoms with Crippen LogP contribution in [0.25, 0.3) is 0 Å². The Morgan fingerprint density at radius 3 is 2.76 bits per heavy atom. The van der Waals surface area contributed by atoms with Crippen LogP contribution in [-0.4, -0.2) is 37.3 Å². The fourth-order valence-electron chi connectivity index (χ4n) is 4.05. The van der Waals surface area contributed by atoms with E-state index >= 15 is 0 Å². The number of carbonyl (C=O) groups is 1. The highest BCUT2D eigenvalue weighted by atomic mass is 16.6. The Bertz CT molecular complexity index is 674. The first-order valence-corrected chi connectivity index (χ1v) is 8.91. The van der Waals surface area contributed by atoms with E-state index < -0.39 is 11.0 Å². The molecule has 0 aromatic heterocycles. The number of rotatable bonds is 5. The third kappa shape index (κ3) is 3.55. The summed E-state index contributed by atoms with van der Waals surface area (Å²) < 4.78 is 5.04. The van der Waals surface area contributed by atoms with Crippen molar-refractivity contribution < 1.29 is 14.5 Å². The molecule has 2 saturated heterocycles. The lowest BCUT2D eigenvalue weighted by Gasteiger charge is -2.42. The number of ether oxygens (including phenoxy) is 1. The minimum atomic E-state index is -0.435. The molecule has 1 aromatic carbocycles. The first-order chi connectivity index (χ1) is 11.9. The van der Waals surface area contributed by atoms with Crippen LogP contribution in [0, 0.1) is 15.5 Å². The Morgan fingerprint density at radius 2 is 2.12 bits per heavy atom. The number of hydrogen-bond donors (Lipinski definition) is 0. The lowest BCUT2D eigenvalue weighted by molar-refractivity contribution is -0.384. The van der Waals surface area contributed by atoms with Gasteiger partial charge in [-0.3, -0.25) is 15.0 Å². The largest absolute Gasteiger partial charge is 0.447 e. The number of anilines is 2. The second-order valence-electron chi connectivity index (χ2n) is 7.28. The van der Waals surface area contributed by atoms with Crippen molar-refractivity contribution in [3.8, 4) is 0 Å². The number of nitro groups is 1. The molecule has 2 aliphatic heterocycles. The number of piperidine rings is 1. The van der Waals surface area contributed by atoms with Gasteiger partial charge in [0.15, 0.2) is 0 Å². The van der Waals surface area contributed by atoms with Gasteiger partial charge >= 0.3 is 6.09 Å². The summed E-state index contributed by atoms with van der Waals surface area (Å²) in [6.07, 6.45) is 4.12. The maximum Gasteiger partial charge on any atom is 0.414 e. The topological polar surface area (TPSA) is 75.9 Å². The van der Waals surface area contributed by atoms with E-state index in [-0.39, 0.29) is 11.1 Å². The van der Waals surface area contributed by atoms with Crippen LogP contribution < -0.4 is 9.80 Å². The summed E-state index contributed by atoms with van der Waals surface area (Å²) >= 11 is 0. The van der Waals surface area contributed by atoms with Crippen molar-refractivity contribution in [3.05, 3.63) is 28.3 Å². The Balaban J connectivity index is 1.97. The molecule has 136 valence electrons. The zero-order chi connectivity index (χ0) is 18.0. The standard InChI is InChI=1S/C18H25N3O4/c1-3-7-18(2)8-4-9-19(13-18)15-6-5-14(21(23)24)12-16(15)20-10-11-25-17(20)22/h5-6,12H,3-4,7-11,13H2,1-2H3. The van der Waals surface area contributed by atoms with E-state index in [0.29, 0.717) is 18.8 Å². The van der Waals surface area contributed by atoms with Crippen LogP contribution in [0.1, 0.15) is 39.5 Å². The molecule has 0 bridgehead atoms. The highest BCUT2D eigenvalue weighted by Crippen LogP contribution is 2.41. The summed E-state index contributed by atoms with van der Waals surface area (Å²) in [6.45, 7) is 7.03. The zero-order valence-electron chi connectivity index (χ0n) is 14.9. The van der Waals surface area contributed by atoms with Gasteiger partial charge < -0.3 is 9.64 Å². The van der Waals surface area contributed by atoms with Crippen LogP contribution in [0.4, 0.5) is 21.9 Å². The van der Waals surface area contributed by atoms with Crippen molar-refractivity contribution in [2.75, 3.05) is 36.0 Å². The van der Waals surface area contributed by atoms with Crippen molar-refractivity contribution in [3.63, 3.8) is 0 Å². The van der Waals surface area contributed by atoms with Gasteiger partial charge in [0.05, 0.1) is 22.8 Å². The van der Waals surface area contributed by atoms with Gasteiger partial charge in [0.1, 0.15) is 6.61 Å². The highest BCUT2D eigenvalue weighted by Gasteiger charge is 2.34. The molecule has 0 radical (unpaired) electrons. The fourth-order valence-corrected chi connectivity index (χ4v) is 4.05. The van der Waals surface area contributed by atoms with Gasteiger partial charge in [-0.15, -0.1) is 0 Å². The fraction of sp³-hybridized carbons (Fsp3) is 0.611. The molecular formula is C18H25N3O4. The van der Waals surface area contributed by atoms with Crippen molar-refractivity contribution in [2.45, 2.75) is 39.5 Å². The van der Waals surface area contributed by atoms with Gasteiger partial charge in [-0.25, -0.2) is 4.79 Å². The molecule has 1 atom stereocenters. The molecule has 2 heterocycles. The smallest absolute Gasteiger partial charge is 0.414 e. The summed E-state index contributed by atoms with van der Waals surface area (Å²) in [5.41, 5.74) is 1.69. The minimum Gasteiger partial charge on any atom is -0.447 e. The third-order valence-electron chi connectivity index (χ3n) is 5.20. The highest BCUT2D eigenvalue weighted by molar-refractivity contribution is 5.94. The van der Waals surface area contributed by atoms with Crippen LogP contribution in [0.3, 0.4) is 0 Å². The predicted octanol–water partition coefficient (Wildman–Crippen LogP) is 3.96. The number of benzene rings is 1. The van der Waals surface area contributed by atoms with E-state index in [1.165, 1.54) is 23.5 Å². The normalized spacial score (nSPS) is 23.7. The van der Waals surface area contributed by atoms with Crippen LogP contribution in [0.5, 0.6) is 0 Å². The lowest BCUT2D eigenvalue weighted by Crippen LogP contribution is -2.42. The number of hydrogen-bond acceptors (Lipinski definition) is 5. The maximum absolute atomic E-state index is 12.0. The van der Waals surface area contributed by atoms with E-state index in [2.05, 4.69) is 18.7 Å². The minimum absolute atomic E-state index is 0.00761. The van der Waals surface area contributed by atoms with E-state index in [1.54, 1.807) is 6.07 Å². The number of nitro benzene ring substituents is 1. The van der Waals surface area contributed by atoms with Crippen LogP contribution in [0.15, 0.2) is 18.2 Å². The molecule has 7 heteroatoms. The summed E-state index contributed by atoms with van der Waals surface area (Å²) in [5, 5.41) is 11.2. The van der Waals surface area contributed by atoms with Gasteiger partial charge in [0, 0.05) is 25.2 Å². The monoisotopic (exact) mass is 347 g/mol. The van der Waals surface area contributed by atoms with Crippen molar-refractivity contribution in [1.29, 1.82) is 0 Å². The number of cyclic esters (lactones) is 1.